The number of guanidine groups is 1. The highest BCUT2D eigenvalue weighted by molar-refractivity contribution is 7.99. The number of hydrogen-bond donors (Lipinski definition) is 3. The Morgan fingerprint density at radius 2 is 1.96 bits per heavy atom. The minimum Gasteiger partial charge on any atom is -0.370 e. The van der Waals surface area contributed by atoms with Gasteiger partial charge in [0.15, 0.2) is 5.96 Å². The fourth-order valence-corrected chi connectivity index (χ4v) is 3.92. The van der Waals surface area contributed by atoms with Crippen LogP contribution in [0.15, 0.2) is 72.1 Å². The van der Waals surface area contributed by atoms with Gasteiger partial charge in [0.05, 0.1) is 10.9 Å². The van der Waals surface area contributed by atoms with Crippen LogP contribution in [0.1, 0.15) is 28.8 Å². The molecule has 0 aliphatic rings. The number of aliphatic imine (C=N–C) groups is 1. The van der Waals surface area contributed by atoms with Gasteiger partial charge in [-0.2, -0.15) is 0 Å². The molecule has 6 nitrogen and oxygen atoms in total. The lowest BCUT2D eigenvalue weighted by atomic mass is 10.1. The van der Waals surface area contributed by atoms with Gasteiger partial charge in [-0.15, -0.1) is 11.8 Å². The van der Waals surface area contributed by atoms with Crippen molar-refractivity contribution in [1.82, 2.24) is 20.3 Å². The average Bonchev–Trinajstić information content (AvgIpc) is 3.26. The van der Waals surface area contributed by atoms with Crippen molar-refractivity contribution in [1.29, 1.82) is 0 Å². The van der Waals surface area contributed by atoms with Crippen molar-refractivity contribution in [2.45, 2.75) is 18.1 Å². The maximum Gasteiger partial charge on any atom is 0.188 e. The van der Waals surface area contributed by atoms with E-state index in [0.29, 0.717) is 12.5 Å². The summed E-state index contributed by atoms with van der Waals surface area (Å²) in [6, 6.07) is 16.5. The van der Waals surface area contributed by atoms with Crippen molar-refractivity contribution in [2.24, 2.45) is 10.7 Å². The van der Waals surface area contributed by atoms with Gasteiger partial charge in [-0.25, -0.2) is 4.98 Å². The SMILES string of the molecule is NC(=NCCCc1ncc[nH]1)NCCSC(c1ccccc1)c1ccccn1. The number of thioether (sulfide) groups is 1. The summed E-state index contributed by atoms with van der Waals surface area (Å²) in [5.41, 5.74) is 8.29. The summed E-state index contributed by atoms with van der Waals surface area (Å²) in [7, 11) is 0. The summed E-state index contributed by atoms with van der Waals surface area (Å²) in [6.07, 6.45) is 7.24. The van der Waals surface area contributed by atoms with Crippen molar-refractivity contribution in [3.63, 3.8) is 0 Å². The maximum atomic E-state index is 5.97. The van der Waals surface area contributed by atoms with Gasteiger partial charge in [0.25, 0.3) is 0 Å². The molecule has 0 fully saturated rings. The lowest BCUT2D eigenvalue weighted by Gasteiger charge is -2.17. The molecule has 28 heavy (non-hydrogen) atoms. The first-order chi connectivity index (χ1) is 13.8. The molecule has 0 aliphatic heterocycles. The highest BCUT2D eigenvalue weighted by Crippen LogP contribution is 2.33. The van der Waals surface area contributed by atoms with Crippen molar-refractivity contribution in [3.05, 3.63) is 84.2 Å². The van der Waals surface area contributed by atoms with Gasteiger partial charge in [0.2, 0.25) is 0 Å². The fourth-order valence-electron chi connectivity index (χ4n) is 2.80. The number of aryl methyl sites for hydroxylation is 1. The molecule has 0 radical (unpaired) electrons. The molecule has 1 unspecified atom stereocenters. The monoisotopic (exact) mass is 394 g/mol. The quantitative estimate of drug-likeness (QED) is 0.279. The Morgan fingerprint density at radius 1 is 1.11 bits per heavy atom. The van der Waals surface area contributed by atoms with Crippen molar-refractivity contribution < 1.29 is 0 Å². The molecule has 1 aromatic carbocycles. The van der Waals surface area contributed by atoms with Gasteiger partial charge in [-0.05, 0) is 24.1 Å². The van der Waals surface area contributed by atoms with Gasteiger partial charge in [-0.1, -0.05) is 36.4 Å². The molecule has 0 amide bonds. The molecule has 3 rings (SSSR count). The molecule has 0 saturated carbocycles. The van der Waals surface area contributed by atoms with E-state index < -0.39 is 0 Å². The van der Waals surface area contributed by atoms with Gasteiger partial charge in [0.1, 0.15) is 5.82 Å². The van der Waals surface area contributed by atoms with E-state index in [2.05, 4.69) is 55.6 Å². The molecule has 0 spiro atoms. The van der Waals surface area contributed by atoms with Gasteiger partial charge >= 0.3 is 0 Å². The second-order valence-electron chi connectivity index (χ2n) is 6.25. The molecule has 7 heteroatoms. The van der Waals surface area contributed by atoms with Crippen LogP contribution in [0, 0.1) is 0 Å². The Morgan fingerprint density at radius 3 is 2.71 bits per heavy atom. The van der Waals surface area contributed by atoms with Gasteiger partial charge < -0.3 is 16.0 Å². The molecule has 2 heterocycles. The number of benzene rings is 1. The summed E-state index contributed by atoms with van der Waals surface area (Å²) in [5.74, 6) is 2.38. The minimum absolute atomic E-state index is 0.204. The predicted molar refractivity (Wildman–Crippen MR) is 116 cm³/mol. The third-order valence-electron chi connectivity index (χ3n) is 4.16. The van der Waals surface area contributed by atoms with E-state index in [4.69, 9.17) is 5.73 Å². The second kappa shape index (κ2) is 11.1. The summed E-state index contributed by atoms with van der Waals surface area (Å²) in [6.45, 7) is 1.45. The van der Waals surface area contributed by atoms with Crippen molar-refractivity contribution in [2.75, 3.05) is 18.8 Å². The van der Waals surface area contributed by atoms with Crippen LogP contribution in [0.4, 0.5) is 0 Å². The van der Waals surface area contributed by atoms with Crippen molar-refractivity contribution >= 4 is 17.7 Å². The van der Waals surface area contributed by atoms with E-state index in [0.717, 1.165) is 36.7 Å². The van der Waals surface area contributed by atoms with E-state index in [9.17, 15) is 0 Å². The predicted octanol–water partition coefficient (Wildman–Crippen LogP) is 3.16. The number of nitrogens with zero attached hydrogens (tertiary/aromatic N) is 3. The van der Waals surface area contributed by atoms with Crippen LogP contribution in [0.5, 0.6) is 0 Å². The molecule has 0 aliphatic carbocycles. The fraction of sp³-hybridized carbons (Fsp3) is 0.286. The number of H-pyrrole nitrogens is 1. The largest absolute Gasteiger partial charge is 0.370 e. The number of nitrogens with one attached hydrogen (secondary N) is 2. The number of imidazole rings is 1. The van der Waals surface area contributed by atoms with Crippen LogP contribution in [-0.2, 0) is 6.42 Å². The molecule has 146 valence electrons. The number of hydrogen-bond acceptors (Lipinski definition) is 4. The zero-order chi connectivity index (χ0) is 19.4. The lowest BCUT2D eigenvalue weighted by Crippen LogP contribution is -2.33. The van der Waals surface area contributed by atoms with Crippen LogP contribution in [0.25, 0.3) is 0 Å². The standard InChI is InChI=1S/C21H26N6S/c22-21(26-12-6-10-19-24-13-14-25-19)27-15-16-28-20(17-7-2-1-3-8-17)18-9-4-5-11-23-18/h1-5,7-9,11,13-14,20H,6,10,12,15-16H2,(H,24,25)(H3,22,26,27). The van der Waals surface area contributed by atoms with Gasteiger partial charge in [-0.3, -0.25) is 9.98 Å². The summed E-state index contributed by atoms with van der Waals surface area (Å²) in [4.78, 5) is 16.2. The number of aromatic amines is 1. The number of aromatic nitrogens is 3. The molecule has 3 aromatic rings. The Labute approximate surface area is 170 Å². The zero-order valence-electron chi connectivity index (χ0n) is 15.8. The van der Waals surface area contributed by atoms with E-state index in [1.165, 1.54) is 5.56 Å². The summed E-state index contributed by atoms with van der Waals surface area (Å²) in [5, 5.41) is 3.40. The van der Waals surface area contributed by atoms with Crippen LogP contribution in [0.2, 0.25) is 0 Å². The Balaban J connectivity index is 1.43. The molecular weight excluding hydrogens is 368 g/mol. The number of nitrogens with two attached hydrogens (primary N) is 1. The molecular formula is C21H26N6S. The van der Waals surface area contributed by atoms with Gasteiger partial charge in [0, 0.05) is 43.9 Å². The highest BCUT2D eigenvalue weighted by Gasteiger charge is 2.15. The second-order valence-corrected chi connectivity index (χ2v) is 7.46. The number of rotatable bonds is 10. The first-order valence-electron chi connectivity index (χ1n) is 9.42. The zero-order valence-corrected chi connectivity index (χ0v) is 16.6. The molecule has 0 saturated heterocycles. The summed E-state index contributed by atoms with van der Waals surface area (Å²) >= 11 is 1.85. The summed E-state index contributed by atoms with van der Waals surface area (Å²) < 4.78 is 0. The Hall–Kier alpha value is -2.80. The first-order valence-corrected chi connectivity index (χ1v) is 10.5. The van der Waals surface area contributed by atoms with Crippen molar-refractivity contribution in [3.8, 4) is 0 Å². The first kappa shape index (κ1) is 19.9. The van der Waals surface area contributed by atoms with E-state index in [1.807, 2.05) is 42.4 Å². The molecule has 4 N–H and O–H groups in total. The maximum absolute atomic E-state index is 5.97. The third kappa shape index (κ3) is 6.42. The lowest BCUT2D eigenvalue weighted by molar-refractivity contribution is 0.787. The van der Waals surface area contributed by atoms with E-state index >= 15 is 0 Å². The smallest absolute Gasteiger partial charge is 0.188 e. The van der Waals surface area contributed by atoms with Crippen LogP contribution in [0.3, 0.4) is 0 Å². The van der Waals surface area contributed by atoms with Crippen LogP contribution >= 0.6 is 11.8 Å². The topological polar surface area (TPSA) is 92.0 Å². The Bertz CT molecular complexity index is 781. The van der Waals surface area contributed by atoms with Crippen LogP contribution in [-0.4, -0.2) is 39.8 Å². The molecule has 2 aromatic heterocycles. The normalized spacial score (nSPS) is 12.6. The van der Waals surface area contributed by atoms with E-state index in [1.54, 1.807) is 6.20 Å². The highest BCUT2D eigenvalue weighted by atomic mass is 32.2. The Kier molecular flexibility index (Phi) is 7.93. The van der Waals surface area contributed by atoms with E-state index in [-0.39, 0.29) is 5.25 Å². The minimum atomic E-state index is 0.204. The molecule has 0 bridgehead atoms. The molecule has 1 atom stereocenters. The number of pyridine rings is 1. The van der Waals surface area contributed by atoms with Crippen LogP contribution < -0.4 is 11.1 Å². The average molecular weight is 395 g/mol. The third-order valence-corrected chi connectivity index (χ3v) is 5.45.